The number of rotatable bonds is 3. The van der Waals surface area contributed by atoms with E-state index < -0.39 is 0 Å². The Morgan fingerprint density at radius 3 is 2.52 bits per heavy atom. The van der Waals surface area contributed by atoms with E-state index in [2.05, 4.69) is 33.5 Å². The van der Waals surface area contributed by atoms with Gasteiger partial charge in [0.25, 0.3) is 0 Å². The molecule has 27 heavy (non-hydrogen) atoms. The van der Waals surface area contributed by atoms with Gasteiger partial charge in [-0.25, -0.2) is 15.0 Å². The summed E-state index contributed by atoms with van der Waals surface area (Å²) in [5, 5.41) is 6.95. The largest absolute Gasteiger partial charge is 0.495 e. The molecule has 0 aliphatic carbocycles. The average Bonchev–Trinajstić information content (AvgIpc) is 2.93. The summed E-state index contributed by atoms with van der Waals surface area (Å²) in [7, 11) is 1.62. The average molecular weight is 382 g/mol. The van der Waals surface area contributed by atoms with Crippen LogP contribution in [0, 0.1) is 20.8 Å². The first-order chi connectivity index (χ1) is 13.0. The Morgan fingerprint density at radius 1 is 1.07 bits per heavy atom. The van der Waals surface area contributed by atoms with Gasteiger partial charge in [-0.05, 0) is 38.5 Å². The molecule has 0 amide bonds. The van der Waals surface area contributed by atoms with Gasteiger partial charge < -0.3 is 9.30 Å². The van der Waals surface area contributed by atoms with Gasteiger partial charge in [-0.3, -0.25) is 0 Å². The van der Waals surface area contributed by atoms with Crippen LogP contribution in [0.4, 0.5) is 5.95 Å². The standard InChI is InChI=1S/C20H20ClN5O/c1-12-8-22-20(23-9-12)25-11-16-14(3)26(13(2)15(16)10-24-25)17-6-5-7-18(27-4)19(17)21/h5-10H,11H2,1-4H3. The number of aromatic nitrogens is 3. The van der Waals surface area contributed by atoms with Gasteiger partial charge in [0.1, 0.15) is 10.8 Å². The molecule has 0 atom stereocenters. The van der Waals surface area contributed by atoms with E-state index in [-0.39, 0.29) is 0 Å². The van der Waals surface area contributed by atoms with Crippen LogP contribution in [0.3, 0.4) is 0 Å². The molecule has 6 nitrogen and oxygen atoms in total. The van der Waals surface area contributed by atoms with Crippen LogP contribution in [0.5, 0.6) is 5.75 Å². The van der Waals surface area contributed by atoms with Crippen molar-refractivity contribution in [2.24, 2.45) is 5.10 Å². The van der Waals surface area contributed by atoms with Crippen LogP contribution >= 0.6 is 11.6 Å². The molecule has 0 fully saturated rings. The lowest BCUT2D eigenvalue weighted by molar-refractivity contribution is 0.415. The maximum Gasteiger partial charge on any atom is 0.246 e. The molecule has 0 saturated carbocycles. The lowest BCUT2D eigenvalue weighted by Crippen LogP contribution is -2.23. The quantitative estimate of drug-likeness (QED) is 0.682. The Hall–Kier alpha value is -2.86. The van der Waals surface area contributed by atoms with Crippen molar-refractivity contribution in [1.29, 1.82) is 0 Å². The molecular formula is C20H20ClN5O. The second kappa shape index (κ2) is 6.70. The number of hydrogen-bond donors (Lipinski definition) is 0. The Kier molecular flexibility index (Phi) is 4.36. The summed E-state index contributed by atoms with van der Waals surface area (Å²) in [6.07, 6.45) is 5.47. The van der Waals surface area contributed by atoms with E-state index in [1.54, 1.807) is 19.5 Å². The van der Waals surface area contributed by atoms with Crippen molar-refractivity contribution in [3.8, 4) is 11.4 Å². The highest BCUT2D eigenvalue weighted by molar-refractivity contribution is 6.33. The van der Waals surface area contributed by atoms with Crippen LogP contribution in [0.2, 0.25) is 5.02 Å². The second-order valence-electron chi connectivity index (χ2n) is 6.55. The highest BCUT2D eigenvalue weighted by atomic mass is 35.5. The topological polar surface area (TPSA) is 55.5 Å². The van der Waals surface area contributed by atoms with E-state index in [9.17, 15) is 0 Å². The summed E-state index contributed by atoms with van der Waals surface area (Å²) in [4.78, 5) is 8.77. The third-order valence-corrected chi connectivity index (χ3v) is 5.24. The first-order valence-corrected chi connectivity index (χ1v) is 9.03. The number of fused-ring (bicyclic) bond motifs is 1. The number of aryl methyl sites for hydroxylation is 1. The smallest absolute Gasteiger partial charge is 0.246 e. The van der Waals surface area contributed by atoms with Gasteiger partial charge in [0.15, 0.2) is 0 Å². The van der Waals surface area contributed by atoms with E-state index in [0.717, 1.165) is 28.2 Å². The van der Waals surface area contributed by atoms with Crippen molar-refractivity contribution in [2.45, 2.75) is 27.3 Å². The molecule has 0 saturated heterocycles. The van der Waals surface area contributed by atoms with Gasteiger partial charge in [0, 0.05) is 34.9 Å². The second-order valence-corrected chi connectivity index (χ2v) is 6.93. The fraction of sp³-hybridized carbons (Fsp3) is 0.250. The van der Waals surface area contributed by atoms with E-state index >= 15 is 0 Å². The van der Waals surface area contributed by atoms with Gasteiger partial charge in [0.2, 0.25) is 5.95 Å². The Balaban J connectivity index is 1.78. The predicted molar refractivity (Wildman–Crippen MR) is 107 cm³/mol. The molecule has 1 aliphatic rings. The highest BCUT2D eigenvalue weighted by Gasteiger charge is 2.25. The number of methoxy groups -OCH3 is 1. The minimum atomic E-state index is 0.590. The molecule has 2 aromatic heterocycles. The fourth-order valence-electron chi connectivity index (χ4n) is 3.44. The van der Waals surface area contributed by atoms with Crippen LogP contribution in [-0.2, 0) is 6.54 Å². The highest BCUT2D eigenvalue weighted by Crippen LogP contribution is 2.35. The number of ether oxygens (including phenoxy) is 1. The van der Waals surface area contributed by atoms with E-state index in [1.807, 2.05) is 36.3 Å². The number of halogens is 1. The number of hydrazone groups is 1. The van der Waals surface area contributed by atoms with Crippen LogP contribution in [0.15, 0.2) is 35.7 Å². The summed E-state index contributed by atoms with van der Waals surface area (Å²) < 4.78 is 7.53. The number of hydrogen-bond acceptors (Lipinski definition) is 5. The minimum absolute atomic E-state index is 0.590. The van der Waals surface area contributed by atoms with Crippen molar-refractivity contribution in [2.75, 3.05) is 12.1 Å². The van der Waals surface area contributed by atoms with Crippen LogP contribution < -0.4 is 9.75 Å². The summed E-state index contributed by atoms with van der Waals surface area (Å²) in [6, 6.07) is 5.80. The third kappa shape index (κ3) is 2.86. The van der Waals surface area contributed by atoms with Gasteiger partial charge in [-0.15, -0.1) is 0 Å². The molecule has 0 spiro atoms. The zero-order valence-corrected chi connectivity index (χ0v) is 16.4. The van der Waals surface area contributed by atoms with Gasteiger partial charge in [0.05, 0.1) is 25.6 Å². The van der Waals surface area contributed by atoms with Crippen molar-refractivity contribution in [3.05, 3.63) is 63.7 Å². The molecule has 7 heteroatoms. The maximum absolute atomic E-state index is 6.58. The molecular weight excluding hydrogens is 362 g/mol. The summed E-state index contributed by atoms with van der Waals surface area (Å²) in [5.74, 6) is 1.25. The van der Waals surface area contributed by atoms with Gasteiger partial charge in [-0.1, -0.05) is 17.7 Å². The summed E-state index contributed by atoms with van der Waals surface area (Å²) in [6.45, 7) is 6.74. The number of nitrogens with zero attached hydrogens (tertiary/aromatic N) is 5. The molecule has 0 N–H and O–H groups in total. The van der Waals surface area contributed by atoms with Crippen molar-refractivity contribution >= 4 is 23.8 Å². The lowest BCUT2D eigenvalue weighted by atomic mass is 10.1. The lowest BCUT2D eigenvalue weighted by Gasteiger charge is -2.20. The first kappa shape index (κ1) is 17.5. The van der Waals surface area contributed by atoms with E-state index in [1.165, 1.54) is 5.56 Å². The third-order valence-electron chi connectivity index (χ3n) is 4.86. The molecule has 1 aliphatic heterocycles. The van der Waals surface area contributed by atoms with Crippen molar-refractivity contribution in [3.63, 3.8) is 0 Å². The summed E-state index contributed by atoms with van der Waals surface area (Å²) >= 11 is 6.58. The number of anilines is 1. The molecule has 138 valence electrons. The minimum Gasteiger partial charge on any atom is -0.495 e. The molecule has 0 unspecified atom stereocenters. The molecule has 0 radical (unpaired) electrons. The van der Waals surface area contributed by atoms with Crippen LogP contribution in [-0.4, -0.2) is 27.9 Å². The van der Waals surface area contributed by atoms with Crippen LogP contribution in [0.1, 0.15) is 28.1 Å². The van der Waals surface area contributed by atoms with E-state index in [0.29, 0.717) is 23.3 Å². The molecule has 0 bridgehead atoms. The predicted octanol–water partition coefficient (Wildman–Crippen LogP) is 4.21. The fourth-order valence-corrected chi connectivity index (χ4v) is 3.73. The molecule has 3 aromatic rings. The SMILES string of the molecule is COc1cccc(-n2c(C)c3c(c2C)CN(c2ncc(C)cn2)N=C3)c1Cl. The summed E-state index contributed by atoms with van der Waals surface area (Å²) in [5.41, 5.74) is 6.41. The van der Waals surface area contributed by atoms with Gasteiger partial charge >= 0.3 is 0 Å². The molecule has 3 heterocycles. The van der Waals surface area contributed by atoms with E-state index in [4.69, 9.17) is 16.3 Å². The normalized spacial score (nSPS) is 13.0. The van der Waals surface area contributed by atoms with Crippen molar-refractivity contribution < 1.29 is 4.74 Å². The molecule has 4 rings (SSSR count). The van der Waals surface area contributed by atoms with Crippen LogP contribution in [0.25, 0.3) is 5.69 Å². The Morgan fingerprint density at radius 2 is 1.81 bits per heavy atom. The zero-order chi connectivity index (χ0) is 19.1. The van der Waals surface area contributed by atoms with Gasteiger partial charge in [-0.2, -0.15) is 5.10 Å². The molecule has 1 aromatic carbocycles. The Labute approximate surface area is 163 Å². The van der Waals surface area contributed by atoms with Crippen molar-refractivity contribution in [1.82, 2.24) is 14.5 Å². The maximum atomic E-state index is 6.58. The Bertz CT molecular complexity index is 1040. The zero-order valence-electron chi connectivity index (χ0n) is 15.7. The number of benzene rings is 1. The monoisotopic (exact) mass is 381 g/mol. The first-order valence-electron chi connectivity index (χ1n) is 8.65.